The quantitative estimate of drug-likeness (QED) is 0.311. The van der Waals surface area contributed by atoms with E-state index in [1.165, 1.54) is 77.6 Å². The fourth-order valence-corrected chi connectivity index (χ4v) is 2.68. The number of carbonyl (C=O) groups excluding carboxylic acids is 1. The molecule has 0 rings (SSSR count). The van der Waals surface area contributed by atoms with Gasteiger partial charge in [-0.05, 0) is 12.8 Å². The topological polar surface area (TPSA) is 26.3 Å². The van der Waals surface area contributed by atoms with E-state index in [-0.39, 0.29) is 11.4 Å². The lowest BCUT2D eigenvalue weighted by Crippen LogP contribution is -2.25. The highest BCUT2D eigenvalue weighted by Gasteiger charge is 2.24. The molecule has 0 spiro atoms. The molecule has 2 heteroatoms. The summed E-state index contributed by atoms with van der Waals surface area (Å²) in [6.07, 6.45) is 14.1. The number of hydrogen-bond acceptors (Lipinski definition) is 2. The van der Waals surface area contributed by atoms with Gasteiger partial charge in [0.25, 0.3) is 0 Å². The van der Waals surface area contributed by atoms with Crippen molar-refractivity contribution in [1.29, 1.82) is 0 Å². The largest absolute Gasteiger partial charge is 0.465 e. The Labute approximate surface area is 126 Å². The molecule has 0 aliphatic carbocycles. The smallest absolute Gasteiger partial charge is 0.302 e. The molecule has 0 aromatic rings. The molecule has 20 heavy (non-hydrogen) atoms. The van der Waals surface area contributed by atoms with Gasteiger partial charge in [0, 0.05) is 12.3 Å². The van der Waals surface area contributed by atoms with Crippen LogP contribution in [0.4, 0.5) is 0 Å². The van der Waals surface area contributed by atoms with Gasteiger partial charge in [0.1, 0.15) is 0 Å². The third-order valence-corrected chi connectivity index (χ3v) is 4.14. The van der Waals surface area contributed by atoms with Crippen LogP contribution in [0.3, 0.4) is 0 Å². The van der Waals surface area contributed by atoms with Crippen molar-refractivity contribution in [2.24, 2.45) is 5.41 Å². The summed E-state index contributed by atoms with van der Waals surface area (Å²) < 4.78 is 5.30. The highest BCUT2D eigenvalue weighted by Crippen LogP contribution is 2.31. The minimum Gasteiger partial charge on any atom is -0.465 e. The van der Waals surface area contributed by atoms with Crippen molar-refractivity contribution in [3.05, 3.63) is 0 Å². The van der Waals surface area contributed by atoms with Crippen LogP contribution >= 0.6 is 0 Å². The first-order valence-corrected chi connectivity index (χ1v) is 8.67. The second-order valence-corrected chi connectivity index (χ2v) is 6.57. The van der Waals surface area contributed by atoms with Crippen LogP contribution in [0.5, 0.6) is 0 Å². The minimum absolute atomic E-state index is 0.143. The first kappa shape index (κ1) is 19.5. The number of hydrogen-bond donors (Lipinski definition) is 0. The molecule has 0 aromatic carbocycles. The Bertz CT molecular complexity index is 238. The van der Waals surface area contributed by atoms with E-state index in [0.717, 1.165) is 0 Å². The monoisotopic (exact) mass is 284 g/mol. The summed E-state index contributed by atoms with van der Waals surface area (Å²) in [5, 5.41) is 0. The predicted octanol–water partition coefficient (Wildman–Crippen LogP) is 5.89. The van der Waals surface area contributed by atoms with E-state index in [9.17, 15) is 4.79 Å². The molecule has 0 aliphatic rings. The molecule has 0 aromatic heterocycles. The zero-order valence-electron chi connectivity index (χ0n) is 14.3. The first-order chi connectivity index (χ1) is 9.54. The lowest BCUT2D eigenvalue weighted by Gasteiger charge is -2.29. The average molecular weight is 284 g/mol. The van der Waals surface area contributed by atoms with Gasteiger partial charge >= 0.3 is 5.97 Å². The SMILES string of the molecule is CCCCCCCC(C)(CCCCCC)COC(C)=O. The van der Waals surface area contributed by atoms with Gasteiger partial charge in [-0.25, -0.2) is 0 Å². The normalized spacial score (nSPS) is 14.0. The van der Waals surface area contributed by atoms with Crippen LogP contribution in [0.15, 0.2) is 0 Å². The Morgan fingerprint density at radius 3 is 1.75 bits per heavy atom. The van der Waals surface area contributed by atoms with E-state index in [4.69, 9.17) is 4.74 Å². The molecule has 0 N–H and O–H groups in total. The van der Waals surface area contributed by atoms with Crippen molar-refractivity contribution < 1.29 is 9.53 Å². The van der Waals surface area contributed by atoms with Crippen molar-refractivity contribution >= 4 is 5.97 Å². The highest BCUT2D eigenvalue weighted by atomic mass is 16.5. The maximum atomic E-state index is 11.1. The summed E-state index contributed by atoms with van der Waals surface area (Å²) in [6.45, 7) is 8.90. The highest BCUT2D eigenvalue weighted by molar-refractivity contribution is 5.65. The van der Waals surface area contributed by atoms with E-state index in [0.29, 0.717) is 6.61 Å². The van der Waals surface area contributed by atoms with E-state index < -0.39 is 0 Å². The molecule has 0 saturated heterocycles. The second kappa shape index (κ2) is 12.2. The van der Waals surface area contributed by atoms with Crippen molar-refractivity contribution in [3.8, 4) is 0 Å². The molecule has 0 heterocycles. The molecule has 0 amide bonds. The van der Waals surface area contributed by atoms with E-state index in [1.807, 2.05) is 0 Å². The molecular weight excluding hydrogens is 248 g/mol. The number of ether oxygens (including phenoxy) is 1. The summed E-state index contributed by atoms with van der Waals surface area (Å²) in [5.41, 5.74) is 0.186. The molecule has 120 valence electrons. The molecule has 0 bridgehead atoms. The van der Waals surface area contributed by atoms with Gasteiger partial charge in [0.2, 0.25) is 0 Å². The molecule has 1 atom stereocenters. The second-order valence-electron chi connectivity index (χ2n) is 6.57. The summed E-state index contributed by atoms with van der Waals surface area (Å²) in [4.78, 5) is 11.1. The number of esters is 1. The summed E-state index contributed by atoms with van der Waals surface area (Å²) in [6, 6.07) is 0. The van der Waals surface area contributed by atoms with Gasteiger partial charge in [0.15, 0.2) is 0 Å². The number of unbranched alkanes of at least 4 members (excludes halogenated alkanes) is 7. The van der Waals surface area contributed by atoms with Gasteiger partial charge in [0.05, 0.1) is 6.61 Å². The third-order valence-electron chi connectivity index (χ3n) is 4.14. The minimum atomic E-state index is -0.143. The van der Waals surface area contributed by atoms with Gasteiger partial charge in [-0.3, -0.25) is 4.79 Å². The molecule has 0 saturated carbocycles. The molecule has 2 nitrogen and oxygen atoms in total. The van der Waals surface area contributed by atoms with E-state index in [2.05, 4.69) is 20.8 Å². The van der Waals surface area contributed by atoms with Crippen molar-refractivity contribution in [3.63, 3.8) is 0 Å². The Morgan fingerprint density at radius 2 is 1.30 bits per heavy atom. The number of carbonyl (C=O) groups is 1. The van der Waals surface area contributed by atoms with Crippen LogP contribution in [0.1, 0.15) is 98.3 Å². The Morgan fingerprint density at radius 1 is 0.850 bits per heavy atom. The standard InChI is InChI=1S/C18H36O2/c1-5-7-9-11-13-15-18(4,16-20-17(3)19)14-12-10-8-6-2/h5-16H2,1-4H3. The number of rotatable bonds is 13. The van der Waals surface area contributed by atoms with Gasteiger partial charge in [-0.1, -0.05) is 78.6 Å². The lowest BCUT2D eigenvalue weighted by molar-refractivity contribution is -0.144. The van der Waals surface area contributed by atoms with Gasteiger partial charge in [-0.2, -0.15) is 0 Å². The zero-order valence-corrected chi connectivity index (χ0v) is 14.3. The predicted molar refractivity (Wildman–Crippen MR) is 86.9 cm³/mol. The molecule has 0 radical (unpaired) electrons. The van der Waals surface area contributed by atoms with E-state index >= 15 is 0 Å². The average Bonchev–Trinajstić information content (AvgIpc) is 2.42. The Kier molecular flexibility index (Phi) is 11.9. The maximum Gasteiger partial charge on any atom is 0.302 e. The fraction of sp³-hybridized carbons (Fsp3) is 0.944. The summed E-state index contributed by atoms with van der Waals surface area (Å²) in [5.74, 6) is -0.143. The molecule has 0 fully saturated rings. The molecule has 0 aliphatic heterocycles. The van der Waals surface area contributed by atoms with Crippen LogP contribution in [-0.4, -0.2) is 12.6 Å². The van der Waals surface area contributed by atoms with Gasteiger partial charge in [-0.15, -0.1) is 0 Å². The summed E-state index contributed by atoms with van der Waals surface area (Å²) in [7, 11) is 0. The Hall–Kier alpha value is -0.530. The Balaban J connectivity index is 4.05. The van der Waals surface area contributed by atoms with Crippen LogP contribution in [-0.2, 0) is 9.53 Å². The molecular formula is C18H36O2. The van der Waals surface area contributed by atoms with Crippen LogP contribution < -0.4 is 0 Å². The van der Waals surface area contributed by atoms with Crippen molar-refractivity contribution in [2.75, 3.05) is 6.61 Å². The lowest BCUT2D eigenvalue weighted by atomic mass is 9.80. The van der Waals surface area contributed by atoms with E-state index in [1.54, 1.807) is 0 Å². The van der Waals surface area contributed by atoms with Gasteiger partial charge < -0.3 is 4.74 Å². The maximum absolute atomic E-state index is 11.1. The zero-order chi connectivity index (χ0) is 15.3. The summed E-state index contributed by atoms with van der Waals surface area (Å²) >= 11 is 0. The van der Waals surface area contributed by atoms with Crippen molar-refractivity contribution in [1.82, 2.24) is 0 Å². The van der Waals surface area contributed by atoms with Crippen LogP contribution in [0.25, 0.3) is 0 Å². The van der Waals surface area contributed by atoms with Crippen molar-refractivity contribution in [2.45, 2.75) is 98.3 Å². The third kappa shape index (κ3) is 11.3. The fourth-order valence-electron chi connectivity index (χ4n) is 2.68. The van der Waals surface area contributed by atoms with Crippen LogP contribution in [0.2, 0.25) is 0 Å². The first-order valence-electron chi connectivity index (χ1n) is 8.67. The van der Waals surface area contributed by atoms with Crippen LogP contribution in [0, 0.1) is 5.41 Å². The molecule has 1 unspecified atom stereocenters.